The van der Waals surface area contributed by atoms with E-state index in [-0.39, 0.29) is 29.7 Å². The third kappa shape index (κ3) is 6.49. The fourth-order valence-electron chi connectivity index (χ4n) is 3.91. The number of piperidine rings is 1. The van der Waals surface area contributed by atoms with Gasteiger partial charge >= 0.3 is 0 Å². The molecular formula is C25H29Cl2N3O3. The zero-order chi connectivity index (χ0) is 24.0. The van der Waals surface area contributed by atoms with E-state index in [1.54, 1.807) is 53.4 Å². The quantitative estimate of drug-likeness (QED) is 0.598. The largest absolute Gasteiger partial charge is 0.352 e. The lowest BCUT2D eigenvalue weighted by molar-refractivity contribution is -0.125. The maximum absolute atomic E-state index is 13.1. The number of likely N-dealkylation sites (tertiary alicyclic amines) is 1. The summed E-state index contributed by atoms with van der Waals surface area (Å²) in [5, 5.41) is 6.80. The average molecular weight is 490 g/mol. The number of hydrogen-bond acceptors (Lipinski definition) is 3. The van der Waals surface area contributed by atoms with Crippen molar-refractivity contribution in [3.63, 3.8) is 0 Å². The molecule has 0 radical (unpaired) electrons. The summed E-state index contributed by atoms with van der Waals surface area (Å²) in [6.45, 7) is 4.92. The van der Waals surface area contributed by atoms with Crippen LogP contribution < -0.4 is 10.6 Å². The lowest BCUT2D eigenvalue weighted by atomic mass is 9.88. The maximum Gasteiger partial charge on any atom is 0.253 e. The second kappa shape index (κ2) is 11.5. The minimum Gasteiger partial charge on any atom is -0.352 e. The van der Waals surface area contributed by atoms with Crippen molar-refractivity contribution in [1.29, 1.82) is 0 Å². The van der Waals surface area contributed by atoms with Crippen LogP contribution in [-0.4, -0.2) is 47.8 Å². The number of carbonyl (C=O) groups is 3. The van der Waals surface area contributed by atoms with Crippen molar-refractivity contribution in [2.75, 3.05) is 13.1 Å². The van der Waals surface area contributed by atoms with Gasteiger partial charge in [0.1, 0.15) is 6.04 Å². The van der Waals surface area contributed by atoms with Gasteiger partial charge in [-0.05, 0) is 68.5 Å². The standard InChI is InChI=1S/C25H29Cl2N3O3/c1-3-16(2)28-24(32)22(29-23(31)20-6-4-5-7-21(20)27)17-12-14-30(15-13-17)25(33)18-8-10-19(26)11-9-18/h4-11,16-17,22H,3,12-15H2,1-2H3,(H,28,32)(H,29,31)/t16-,22-/m0/s1. The molecule has 0 saturated carbocycles. The summed E-state index contributed by atoms with van der Waals surface area (Å²) in [6, 6.07) is 12.9. The Bertz CT molecular complexity index is 989. The van der Waals surface area contributed by atoms with E-state index in [1.165, 1.54) is 0 Å². The first kappa shape index (κ1) is 25.1. The number of nitrogens with one attached hydrogen (secondary N) is 2. The van der Waals surface area contributed by atoms with Gasteiger partial charge in [0.15, 0.2) is 0 Å². The molecule has 0 bridgehead atoms. The molecule has 3 rings (SSSR count). The number of halogens is 2. The fourth-order valence-corrected chi connectivity index (χ4v) is 4.25. The SMILES string of the molecule is CC[C@H](C)NC(=O)[C@@H](NC(=O)c1ccccc1Cl)C1CCN(C(=O)c2ccc(Cl)cc2)CC1. The van der Waals surface area contributed by atoms with Crippen LogP contribution in [0.5, 0.6) is 0 Å². The van der Waals surface area contributed by atoms with E-state index >= 15 is 0 Å². The van der Waals surface area contributed by atoms with Gasteiger partial charge in [-0.2, -0.15) is 0 Å². The number of benzene rings is 2. The van der Waals surface area contributed by atoms with Crippen molar-refractivity contribution in [3.05, 3.63) is 69.7 Å². The Balaban J connectivity index is 1.71. The van der Waals surface area contributed by atoms with Crippen molar-refractivity contribution in [2.45, 2.75) is 45.2 Å². The van der Waals surface area contributed by atoms with Gasteiger partial charge in [-0.1, -0.05) is 42.3 Å². The molecule has 2 aromatic rings. The zero-order valence-corrected chi connectivity index (χ0v) is 20.3. The molecule has 33 heavy (non-hydrogen) atoms. The first-order chi connectivity index (χ1) is 15.8. The highest BCUT2D eigenvalue weighted by Crippen LogP contribution is 2.24. The Morgan fingerprint density at radius 3 is 2.24 bits per heavy atom. The molecule has 0 spiro atoms. The Labute approximate surface area is 204 Å². The van der Waals surface area contributed by atoms with E-state index in [9.17, 15) is 14.4 Å². The molecule has 1 heterocycles. The lowest BCUT2D eigenvalue weighted by Gasteiger charge is -2.36. The Morgan fingerprint density at radius 2 is 1.64 bits per heavy atom. The highest BCUT2D eigenvalue weighted by atomic mass is 35.5. The summed E-state index contributed by atoms with van der Waals surface area (Å²) in [5.41, 5.74) is 0.909. The van der Waals surface area contributed by atoms with Crippen LogP contribution in [0.25, 0.3) is 0 Å². The van der Waals surface area contributed by atoms with E-state index in [0.717, 1.165) is 6.42 Å². The minimum atomic E-state index is -0.712. The van der Waals surface area contributed by atoms with Gasteiger partial charge in [-0.15, -0.1) is 0 Å². The molecule has 0 aliphatic carbocycles. The molecule has 0 aromatic heterocycles. The molecule has 1 aliphatic rings. The van der Waals surface area contributed by atoms with Gasteiger partial charge in [-0.3, -0.25) is 14.4 Å². The van der Waals surface area contributed by atoms with Crippen LogP contribution >= 0.6 is 23.2 Å². The van der Waals surface area contributed by atoms with Gasteiger partial charge in [0.05, 0.1) is 10.6 Å². The molecule has 3 amide bonds. The van der Waals surface area contributed by atoms with E-state index < -0.39 is 6.04 Å². The summed E-state index contributed by atoms with van der Waals surface area (Å²) in [7, 11) is 0. The third-order valence-corrected chi connectivity index (χ3v) is 6.66. The predicted octanol–water partition coefficient (Wildman–Crippen LogP) is 4.56. The van der Waals surface area contributed by atoms with Crippen LogP contribution in [0.2, 0.25) is 10.0 Å². The Hall–Kier alpha value is -2.57. The highest BCUT2D eigenvalue weighted by Gasteiger charge is 2.34. The molecule has 2 atom stereocenters. The summed E-state index contributed by atoms with van der Waals surface area (Å²) in [6.07, 6.45) is 1.98. The van der Waals surface area contributed by atoms with Crippen molar-refractivity contribution < 1.29 is 14.4 Å². The number of amides is 3. The van der Waals surface area contributed by atoms with Crippen LogP contribution in [0.4, 0.5) is 0 Å². The van der Waals surface area contributed by atoms with Crippen molar-refractivity contribution in [2.24, 2.45) is 5.92 Å². The zero-order valence-electron chi connectivity index (χ0n) is 18.8. The maximum atomic E-state index is 13.1. The predicted molar refractivity (Wildman–Crippen MR) is 131 cm³/mol. The summed E-state index contributed by atoms with van der Waals surface area (Å²) >= 11 is 12.1. The smallest absolute Gasteiger partial charge is 0.253 e. The van der Waals surface area contributed by atoms with Crippen molar-refractivity contribution in [1.82, 2.24) is 15.5 Å². The van der Waals surface area contributed by atoms with Crippen LogP contribution in [0.1, 0.15) is 53.8 Å². The molecule has 1 fully saturated rings. The molecule has 8 heteroatoms. The van der Waals surface area contributed by atoms with E-state index in [4.69, 9.17) is 23.2 Å². The molecule has 2 N–H and O–H groups in total. The Kier molecular flexibility index (Phi) is 8.75. The van der Waals surface area contributed by atoms with Gasteiger partial charge in [0.25, 0.3) is 11.8 Å². The van der Waals surface area contributed by atoms with Gasteiger partial charge in [-0.25, -0.2) is 0 Å². The van der Waals surface area contributed by atoms with E-state index in [1.807, 2.05) is 13.8 Å². The van der Waals surface area contributed by atoms with Crippen molar-refractivity contribution >= 4 is 40.9 Å². The van der Waals surface area contributed by atoms with Crippen LogP contribution in [0, 0.1) is 5.92 Å². The van der Waals surface area contributed by atoms with Crippen LogP contribution in [0.15, 0.2) is 48.5 Å². The fraction of sp³-hybridized carbons (Fsp3) is 0.400. The molecule has 0 unspecified atom stereocenters. The van der Waals surface area contributed by atoms with Crippen molar-refractivity contribution in [3.8, 4) is 0 Å². The highest BCUT2D eigenvalue weighted by molar-refractivity contribution is 6.33. The first-order valence-electron chi connectivity index (χ1n) is 11.2. The molecular weight excluding hydrogens is 461 g/mol. The number of nitrogens with zero attached hydrogens (tertiary/aromatic N) is 1. The third-order valence-electron chi connectivity index (χ3n) is 6.08. The van der Waals surface area contributed by atoms with Crippen LogP contribution in [-0.2, 0) is 4.79 Å². The second-order valence-electron chi connectivity index (χ2n) is 8.39. The first-order valence-corrected chi connectivity index (χ1v) is 12.0. The normalized spacial score (nSPS) is 16.1. The van der Waals surface area contributed by atoms with Crippen LogP contribution in [0.3, 0.4) is 0 Å². The molecule has 2 aromatic carbocycles. The van der Waals surface area contributed by atoms with E-state index in [0.29, 0.717) is 47.1 Å². The summed E-state index contributed by atoms with van der Waals surface area (Å²) < 4.78 is 0. The molecule has 1 saturated heterocycles. The lowest BCUT2D eigenvalue weighted by Crippen LogP contribution is -2.55. The number of rotatable bonds is 7. The topological polar surface area (TPSA) is 78.5 Å². The number of carbonyl (C=O) groups excluding carboxylic acids is 3. The summed E-state index contributed by atoms with van der Waals surface area (Å²) in [5.74, 6) is -0.766. The van der Waals surface area contributed by atoms with E-state index in [2.05, 4.69) is 10.6 Å². The second-order valence-corrected chi connectivity index (χ2v) is 9.23. The Morgan fingerprint density at radius 1 is 1.00 bits per heavy atom. The summed E-state index contributed by atoms with van der Waals surface area (Å²) in [4.78, 5) is 40.6. The van der Waals surface area contributed by atoms with Gasteiger partial charge in [0.2, 0.25) is 5.91 Å². The van der Waals surface area contributed by atoms with Gasteiger partial charge < -0.3 is 15.5 Å². The minimum absolute atomic E-state index is 0.0104. The average Bonchev–Trinajstić information content (AvgIpc) is 2.82. The molecule has 176 valence electrons. The molecule has 6 nitrogen and oxygen atoms in total. The monoisotopic (exact) mass is 489 g/mol. The van der Waals surface area contributed by atoms with Gasteiger partial charge in [0, 0.05) is 29.7 Å². The molecule has 1 aliphatic heterocycles. The number of hydrogen-bond donors (Lipinski definition) is 2.